The molecular weight excluding hydrogens is 150 g/mol. The number of rotatable bonds is 2. The second kappa shape index (κ2) is 3.20. The highest BCUT2D eigenvalue weighted by molar-refractivity contribution is 5.95. The van der Waals surface area contributed by atoms with E-state index in [1.807, 2.05) is 5.32 Å². The number of hydrogen-bond donors (Lipinski definition) is 3. The number of nitrogens with one attached hydrogen (secondary N) is 3. The van der Waals surface area contributed by atoms with Gasteiger partial charge in [0.1, 0.15) is 0 Å². The first-order valence-electron chi connectivity index (χ1n) is 3.22. The van der Waals surface area contributed by atoms with E-state index in [2.05, 4.69) is 10.6 Å². The Kier molecular flexibility index (Phi) is 2.27. The van der Waals surface area contributed by atoms with Crippen LogP contribution in [0.4, 0.5) is 9.59 Å². The predicted molar refractivity (Wildman–Crippen MR) is 35.6 cm³/mol. The third kappa shape index (κ3) is 2.08. The molecule has 1 aliphatic rings. The van der Waals surface area contributed by atoms with Gasteiger partial charge < -0.3 is 4.74 Å². The molecule has 1 fully saturated rings. The van der Waals surface area contributed by atoms with E-state index in [4.69, 9.17) is 4.74 Å². The number of urea groups is 2. The molecule has 4 amide bonds. The van der Waals surface area contributed by atoms with Gasteiger partial charge in [0, 0.05) is 6.61 Å². The van der Waals surface area contributed by atoms with Crippen LogP contribution >= 0.6 is 0 Å². The minimum Gasteiger partial charge on any atom is -0.341 e. The Bertz CT molecular complexity index is 166. The third-order valence-corrected chi connectivity index (χ3v) is 1.08. The number of carbonyl (C=O) groups excluding carboxylic acids is 2. The van der Waals surface area contributed by atoms with E-state index in [1.165, 1.54) is 0 Å². The molecule has 11 heavy (non-hydrogen) atoms. The van der Waals surface area contributed by atoms with E-state index in [9.17, 15) is 9.59 Å². The van der Waals surface area contributed by atoms with Crippen molar-refractivity contribution >= 4 is 12.1 Å². The molecule has 1 aliphatic heterocycles. The van der Waals surface area contributed by atoms with Gasteiger partial charge in [-0.3, -0.25) is 16.0 Å². The molecule has 0 aromatic heterocycles. The van der Waals surface area contributed by atoms with E-state index >= 15 is 0 Å². The van der Waals surface area contributed by atoms with E-state index < -0.39 is 18.4 Å². The maximum atomic E-state index is 10.6. The van der Waals surface area contributed by atoms with Gasteiger partial charge in [-0.05, 0) is 6.92 Å². The summed E-state index contributed by atoms with van der Waals surface area (Å²) in [5, 5.41) is 6.67. The van der Waals surface area contributed by atoms with Crippen LogP contribution in [0.1, 0.15) is 6.92 Å². The zero-order valence-electron chi connectivity index (χ0n) is 6.01. The Balaban J connectivity index is 2.43. The van der Waals surface area contributed by atoms with Gasteiger partial charge >= 0.3 is 12.1 Å². The quantitative estimate of drug-likeness (QED) is 0.500. The van der Waals surface area contributed by atoms with E-state index in [0.717, 1.165) is 0 Å². The molecule has 1 heterocycles. The van der Waals surface area contributed by atoms with Crippen molar-refractivity contribution in [3.8, 4) is 0 Å². The van der Waals surface area contributed by atoms with Gasteiger partial charge in [-0.2, -0.15) is 0 Å². The van der Waals surface area contributed by atoms with Crippen LogP contribution in [0.5, 0.6) is 0 Å². The Morgan fingerprint density at radius 1 is 1.36 bits per heavy atom. The normalized spacial score (nSPS) is 18.6. The molecule has 0 atom stereocenters. The van der Waals surface area contributed by atoms with E-state index in [1.54, 1.807) is 6.92 Å². The molecule has 0 unspecified atom stereocenters. The second-order valence-electron chi connectivity index (χ2n) is 1.91. The van der Waals surface area contributed by atoms with Gasteiger partial charge in [0.2, 0.25) is 6.35 Å². The summed E-state index contributed by atoms with van der Waals surface area (Å²) in [5.41, 5.74) is 0. The summed E-state index contributed by atoms with van der Waals surface area (Å²) >= 11 is 0. The fraction of sp³-hybridized carbons (Fsp3) is 0.600. The number of imide groups is 1. The Hall–Kier alpha value is -1.30. The summed E-state index contributed by atoms with van der Waals surface area (Å²) in [4.78, 5) is 21.2. The lowest BCUT2D eigenvalue weighted by atomic mass is 10.7. The molecular formula is C5H9N3O3. The first kappa shape index (κ1) is 7.80. The topological polar surface area (TPSA) is 79.5 Å². The van der Waals surface area contributed by atoms with E-state index in [0.29, 0.717) is 6.61 Å². The largest absolute Gasteiger partial charge is 0.341 e. The molecule has 0 spiro atoms. The fourth-order valence-electron chi connectivity index (χ4n) is 0.699. The standard InChI is InChI=1S/C5H9N3O3/c1-2-11-5-7-3(9)6-4(10)8-5/h5H,2H2,1H3,(H3,6,7,8,9,10). The Labute approximate surface area is 63.3 Å². The second-order valence-corrected chi connectivity index (χ2v) is 1.91. The summed E-state index contributed by atoms with van der Waals surface area (Å²) in [5.74, 6) is 0. The third-order valence-electron chi connectivity index (χ3n) is 1.08. The van der Waals surface area contributed by atoms with Crippen molar-refractivity contribution in [2.75, 3.05) is 6.61 Å². The average Bonchev–Trinajstić information content (AvgIpc) is 1.85. The molecule has 0 aromatic rings. The van der Waals surface area contributed by atoms with Gasteiger partial charge in [-0.25, -0.2) is 9.59 Å². The summed E-state index contributed by atoms with van der Waals surface area (Å²) in [6.45, 7) is 2.19. The van der Waals surface area contributed by atoms with Crippen LogP contribution in [0.15, 0.2) is 0 Å². The molecule has 1 rings (SSSR count). The molecule has 6 heteroatoms. The van der Waals surface area contributed by atoms with Crippen molar-refractivity contribution < 1.29 is 14.3 Å². The lowest BCUT2D eigenvalue weighted by Gasteiger charge is -2.23. The molecule has 6 nitrogen and oxygen atoms in total. The maximum absolute atomic E-state index is 10.6. The number of ether oxygens (including phenoxy) is 1. The molecule has 3 N–H and O–H groups in total. The minimum atomic E-state index is -0.707. The van der Waals surface area contributed by atoms with Crippen LogP contribution < -0.4 is 16.0 Å². The lowest BCUT2D eigenvalue weighted by molar-refractivity contribution is 0.0247. The monoisotopic (exact) mass is 159 g/mol. The van der Waals surface area contributed by atoms with Crippen molar-refractivity contribution in [1.82, 2.24) is 16.0 Å². The maximum Gasteiger partial charge on any atom is 0.326 e. The van der Waals surface area contributed by atoms with E-state index in [-0.39, 0.29) is 0 Å². The zero-order valence-corrected chi connectivity index (χ0v) is 6.01. The van der Waals surface area contributed by atoms with Crippen LogP contribution in [0.25, 0.3) is 0 Å². The molecule has 62 valence electrons. The molecule has 0 aromatic carbocycles. The fourth-order valence-corrected chi connectivity index (χ4v) is 0.699. The molecule has 0 bridgehead atoms. The van der Waals surface area contributed by atoms with Gasteiger partial charge in [0.05, 0.1) is 0 Å². The van der Waals surface area contributed by atoms with Crippen molar-refractivity contribution in [3.63, 3.8) is 0 Å². The summed E-state index contributed by atoms with van der Waals surface area (Å²) in [6.07, 6.45) is -0.707. The summed E-state index contributed by atoms with van der Waals surface area (Å²) < 4.78 is 4.92. The van der Waals surface area contributed by atoms with Crippen molar-refractivity contribution in [2.45, 2.75) is 13.3 Å². The highest BCUT2D eigenvalue weighted by atomic mass is 16.5. The van der Waals surface area contributed by atoms with Crippen LogP contribution in [-0.2, 0) is 4.74 Å². The minimum absolute atomic E-state index is 0.422. The van der Waals surface area contributed by atoms with Crippen molar-refractivity contribution in [3.05, 3.63) is 0 Å². The van der Waals surface area contributed by atoms with Gasteiger partial charge in [-0.15, -0.1) is 0 Å². The Morgan fingerprint density at radius 3 is 2.36 bits per heavy atom. The Morgan fingerprint density at radius 2 is 1.91 bits per heavy atom. The summed E-state index contributed by atoms with van der Waals surface area (Å²) in [7, 11) is 0. The van der Waals surface area contributed by atoms with Crippen LogP contribution in [0.2, 0.25) is 0 Å². The molecule has 0 radical (unpaired) electrons. The first-order chi connectivity index (χ1) is 5.22. The highest BCUT2D eigenvalue weighted by Crippen LogP contribution is 1.87. The van der Waals surface area contributed by atoms with Gasteiger partial charge in [0.25, 0.3) is 0 Å². The van der Waals surface area contributed by atoms with Crippen molar-refractivity contribution in [1.29, 1.82) is 0 Å². The van der Waals surface area contributed by atoms with Crippen molar-refractivity contribution in [2.24, 2.45) is 0 Å². The molecule has 0 saturated carbocycles. The van der Waals surface area contributed by atoms with Crippen LogP contribution in [-0.4, -0.2) is 25.0 Å². The number of carbonyl (C=O) groups is 2. The SMILES string of the molecule is CCOC1NC(=O)NC(=O)N1. The highest BCUT2D eigenvalue weighted by Gasteiger charge is 2.21. The van der Waals surface area contributed by atoms with Crippen LogP contribution in [0.3, 0.4) is 0 Å². The number of amides is 4. The zero-order chi connectivity index (χ0) is 8.27. The number of hydrogen-bond acceptors (Lipinski definition) is 3. The molecule has 1 saturated heterocycles. The van der Waals surface area contributed by atoms with Crippen LogP contribution in [0, 0.1) is 0 Å². The molecule has 0 aliphatic carbocycles. The van der Waals surface area contributed by atoms with Gasteiger partial charge in [0.15, 0.2) is 0 Å². The van der Waals surface area contributed by atoms with Gasteiger partial charge in [-0.1, -0.05) is 0 Å². The smallest absolute Gasteiger partial charge is 0.326 e. The predicted octanol–water partition coefficient (Wildman–Crippen LogP) is -0.671. The first-order valence-corrected chi connectivity index (χ1v) is 3.22. The summed E-state index contributed by atoms with van der Waals surface area (Å²) in [6, 6.07) is -1.10. The average molecular weight is 159 g/mol. The lowest BCUT2D eigenvalue weighted by Crippen LogP contribution is -2.62.